The van der Waals surface area contributed by atoms with Crippen molar-refractivity contribution in [3.8, 4) is 0 Å². The second-order valence-corrected chi connectivity index (χ2v) is 5.19. The maximum Gasteiger partial charge on any atom is 0.251 e. The van der Waals surface area contributed by atoms with Crippen LogP contribution in [-0.4, -0.2) is 13.0 Å². The van der Waals surface area contributed by atoms with Crippen molar-refractivity contribution in [1.82, 2.24) is 5.32 Å². The molecule has 0 heterocycles. The van der Waals surface area contributed by atoms with Crippen molar-refractivity contribution in [2.24, 2.45) is 0 Å². The second-order valence-electron chi connectivity index (χ2n) is 4.38. The van der Waals surface area contributed by atoms with E-state index < -0.39 is 5.82 Å². The largest absolute Gasteiger partial charge is 0.380 e. The number of anilines is 1. The van der Waals surface area contributed by atoms with Gasteiger partial charge in [0.2, 0.25) is 0 Å². The summed E-state index contributed by atoms with van der Waals surface area (Å²) in [5, 5.41) is 6.18. The molecule has 2 aromatic carbocycles. The number of rotatable bonds is 4. The fourth-order valence-corrected chi connectivity index (χ4v) is 2.10. The second kappa shape index (κ2) is 6.78. The van der Waals surface area contributed by atoms with Gasteiger partial charge in [0, 0.05) is 19.2 Å². The van der Waals surface area contributed by atoms with Gasteiger partial charge >= 0.3 is 0 Å². The lowest BCUT2D eigenvalue weighted by molar-refractivity contribution is 0.0963. The lowest BCUT2D eigenvalue weighted by atomic mass is 10.1. The van der Waals surface area contributed by atoms with Crippen molar-refractivity contribution < 1.29 is 9.18 Å². The number of halogens is 3. The van der Waals surface area contributed by atoms with E-state index in [0.29, 0.717) is 22.8 Å². The number of benzene rings is 2. The van der Waals surface area contributed by atoms with E-state index in [1.807, 2.05) is 0 Å². The van der Waals surface area contributed by atoms with Crippen LogP contribution in [0, 0.1) is 5.82 Å². The Hall–Kier alpha value is -1.78. The average molecular weight is 327 g/mol. The van der Waals surface area contributed by atoms with Gasteiger partial charge in [0.15, 0.2) is 0 Å². The summed E-state index contributed by atoms with van der Waals surface area (Å²) >= 11 is 11.7. The Bertz CT molecular complexity index is 677. The van der Waals surface area contributed by atoms with E-state index in [2.05, 4.69) is 10.6 Å². The van der Waals surface area contributed by atoms with Crippen LogP contribution < -0.4 is 10.6 Å². The quantitative estimate of drug-likeness (QED) is 0.887. The molecule has 0 aromatic heterocycles. The molecular weight excluding hydrogens is 314 g/mol. The first kappa shape index (κ1) is 15.6. The van der Waals surface area contributed by atoms with Gasteiger partial charge in [0.1, 0.15) is 5.82 Å². The van der Waals surface area contributed by atoms with Crippen molar-refractivity contribution in [3.63, 3.8) is 0 Å². The van der Waals surface area contributed by atoms with Crippen LogP contribution in [0.5, 0.6) is 0 Å². The summed E-state index contributed by atoms with van der Waals surface area (Å²) in [5.74, 6) is -0.673. The third kappa shape index (κ3) is 3.86. The van der Waals surface area contributed by atoms with Crippen LogP contribution in [0.25, 0.3) is 0 Å². The zero-order valence-corrected chi connectivity index (χ0v) is 12.7. The van der Waals surface area contributed by atoms with Crippen molar-refractivity contribution in [3.05, 3.63) is 63.4 Å². The number of amides is 1. The van der Waals surface area contributed by atoms with Gasteiger partial charge in [0.05, 0.1) is 15.7 Å². The fraction of sp³-hybridized carbons (Fsp3) is 0.133. The summed E-state index contributed by atoms with van der Waals surface area (Å²) in [4.78, 5) is 11.6. The summed E-state index contributed by atoms with van der Waals surface area (Å²) in [6.45, 7) is 0.366. The zero-order valence-electron chi connectivity index (χ0n) is 11.2. The lowest BCUT2D eigenvalue weighted by Crippen LogP contribution is -2.17. The lowest BCUT2D eigenvalue weighted by Gasteiger charge is -2.10. The average Bonchev–Trinajstić information content (AvgIpc) is 2.49. The van der Waals surface area contributed by atoms with Gasteiger partial charge in [-0.05, 0) is 35.9 Å². The molecule has 21 heavy (non-hydrogen) atoms. The van der Waals surface area contributed by atoms with Crippen LogP contribution in [0.3, 0.4) is 0 Å². The first-order valence-electron chi connectivity index (χ1n) is 6.20. The van der Waals surface area contributed by atoms with Crippen molar-refractivity contribution in [2.45, 2.75) is 6.54 Å². The third-order valence-corrected chi connectivity index (χ3v) is 3.56. The van der Waals surface area contributed by atoms with E-state index in [0.717, 1.165) is 5.56 Å². The van der Waals surface area contributed by atoms with Gasteiger partial charge in [0.25, 0.3) is 5.91 Å². The molecule has 0 saturated carbocycles. The molecule has 6 heteroatoms. The van der Waals surface area contributed by atoms with Crippen molar-refractivity contribution in [1.29, 1.82) is 0 Å². The highest BCUT2D eigenvalue weighted by molar-refractivity contribution is 6.33. The smallest absolute Gasteiger partial charge is 0.251 e. The highest BCUT2D eigenvalue weighted by atomic mass is 35.5. The molecule has 0 saturated heterocycles. The summed E-state index contributed by atoms with van der Waals surface area (Å²) in [5.41, 5.74) is 1.82. The van der Waals surface area contributed by atoms with Crippen LogP contribution >= 0.6 is 23.2 Å². The van der Waals surface area contributed by atoms with E-state index in [-0.39, 0.29) is 10.9 Å². The highest BCUT2D eigenvalue weighted by Gasteiger charge is 2.08. The topological polar surface area (TPSA) is 41.1 Å². The molecule has 0 aliphatic heterocycles. The molecule has 0 bridgehead atoms. The molecule has 2 rings (SSSR count). The predicted octanol–water partition coefficient (Wildman–Crippen LogP) is 4.10. The minimum absolute atomic E-state index is 0.0818. The molecule has 0 aliphatic rings. The van der Waals surface area contributed by atoms with Gasteiger partial charge in [-0.3, -0.25) is 4.79 Å². The number of nitrogens with one attached hydrogen (secondary N) is 2. The van der Waals surface area contributed by atoms with E-state index >= 15 is 0 Å². The zero-order chi connectivity index (χ0) is 15.4. The number of hydrogen-bond donors (Lipinski definition) is 2. The number of carbonyl (C=O) groups excluding carboxylic acids is 1. The van der Waals surface area contributed by atoms with E-state index in [1.54, 1.807) is 31.3 Å². The molecule has 2 aromatic rings. The van der Waals surface area contributed by atoms with E-state index in [4.69, 9.17) is 23.2 Å². The van der Waals surface area contributed by atoms with Gasteiger partial charge in [-0.2, -0.15) is 0 Å². The minimum atomic E-state index is -0.471. The normalized spacial score (nSPS) is 10.3. The Balaban J connectivity index is 2.15. The van der Waals surface area contributed by atoms with Gasteiger partial charge < -0.3 is 10.6 Å². The van der Waals surface area contributed by atoms with Crippen LogP contribution in [0.15, 0.2) is 36.4 Å². The Morgan fingerprint density at radius 1 is 1.14 bits per heavy atom. The number of hydrogen-bond acceptors (Lipinski definition) is 2. The van der Waals surface area contributed by atoms with E-state index in [9.17, 15) is 9.18 Å². The monoisotopic (exact) mass is 326 g/mol. The Morgan fingerprint density at radius 2 is 1.86 bits per heavy atom. The molecule has 0 aliphatic carbocycles. The van der Waals surface area contributed by atoms with Crippen molar-refractivity contribution in [2.75, 3.05) is 12.4 Å². The minimum Gasteiger partial charge on any atom is -0.380 e. The van der Waals surface area contributed by atoms with Gasteiger partial charge in [-0.15, -0.1) is 0 Å². The first-order chi connectivity index (χ1) is 10.0. The molecule has 0 unspecified atom stereocenters. The standard InChI is InChI=1S/C15H13Cl2FN2O/c1-19-15(21)10-3-5-12(17)14(7-10)20-8-9-2-4-11(16)13(18)6-9/h2-7,20H,8H2,1H3,(H,19,21). The predicted molar refractivity (Wildman–Crippen MR) is 83.6 cm³/mol. The molecule has 0 radical (unpaired) electrons. The fourth-order valence-electron chi connectivity index (χ4n) is 1.79. The van der Waals surface area contributed by atoms with Crippen molar-refractivity contribution >= 4 is 34.8 Å². The highest BCUT2D eigenvalue weighted by Crippen LogP contribution is 2.24. The maximum atomic E-state index is 13.4. The summed E-state index contributed by atoms with van der Waals surface area (Å²) in [6.07, 6.45) is 0. The Labute approximate surface area is 132 Å². The first-order valence-corrected chi connectivity index (χ1v) is 6.96. The SMILES string of the molecule is CNC(=O)c1ccc(Cl)c(NCc2ccc(Cl)c(F)c2)c1. The molecule has 3 nitrogen and oxygen atoms in total. The summed E-state index contributed by atoms with van der Waals surface area (Å²) in [6, 6.07) is 9.48. The summed E-state index contributed by atoms with van der Waals surface area (Å²) in [7, 11) is 1.56. The van der Waals surface area contributed by atoms with Gasteiger partial charge in [-0.25, -0.2) is 4.39 Å². The van der Waals surface area contributed by atoms with Crippen LogP contribution in [0.4, 0.5) is 10.1 Å². The van der Waals surface area contributed by atoms with Gasteiger partial charge in [-0.1, -0.05) is 29.3 Å². The Kier molecular flexibility index (Phi) is 5.04. The van der Waals surface area contributed by atoms with Crippen LogP contribution in [-0.2, 0) is 6.54 Å². The molecule has 2 N–H and O–H groups in total. The molecule has 0 fully saturated rings. The molecule has 0 atom stereocenters. The third-order valence-electron chi connectivity index (χ3n) is 2.92. The number of carbonyl (C=O) groups is 1. The Morgan fingerprint density at radius 3 is 2.52 bits per heavy atom. The van der Waals surface area contributed by atoms with Crippen LogP contribution in [0.2, 0.25) is 10.0 Å². The molecule has 0 spiro atoms. The maximum absolute atomic E-state index is 13.4. The molecule has 110 valence electrons. The van der Waals surface area contributed by atoms with Crippen LogP contribution in [0.1, 0.15) is 15.9 Å². The molecular formula is C15H13Cl2FN2O. The van der Waals surface area contributed by atoms with E-state index in [1.165, 1.54) is 12.1 Å². The summed E-state index contributed by atoms with van der Waals surface area (Å²) < 4.78 is 13.4. The molecule has 1 amide bonds.